The number of benzene rings is 1. The van der Waals surface area contributed by atoms with Crippen LogP contribution >= 0.6 is 0 Å². The number of pyridine rings is 1. The highest BCUT2D eigenvalue weighted by Crippen LogP contribution is 2.21. The van der Waals surface area contributed by atoms with Crippen LogP contribution in [0.3, 0.4) is 0 Å². The molecule has 0 N–H and O–H groups in total. The summed E-state index contributed by atoms with van der Waals surface area (Å²) in [5.74, 6) is 0. The van der Waals surface area contributed by atoms with Crippen molar-refractivity contribution in [3.8, 4) is 0 Å². The normalized spacial score (nSPS) is 11.9. The van der Waals surface area contributed by atoms with Crippen molar-refractivity contribution in [3.63, 3.8) is 0 Å². The summed E-state index contributed by atoms with van der Waals surface area (Å²) in [6.07, 6.45) is 6.94. The van der Waals surface area contributed by atoms with Crippen molar-refractivity contribution in [2.75, 3.05) is 0 Å². The van der Waals surface area contributed by atoms with Crippen LogP contribution < -0.4 is 0 Å². The fourth-order valence-corrected chi connectivity index (χ4v) is 2.18. The Hall–Kier alpha value is -2.42. The minimum Gasteiger partial charge on any atom is -0.221 e. The zero-order valence-corrected chi connectivity index (χ0v) is 10.8. The lowest BCUT2D eigenvalue weighted by atomic mass is 10.0. The van der Waals surface area contributed by atoms with Gasteiger partial charge in [-0.2, -0.15) is 0 Å². The summed E-state index contributed by atoms with van der Waals surface area (Å²) >= 11 is 0. The third-order valence-corrected chi connectivity index (χ3v) is 3.19. The van der Waals surface area contributed by atoms with Gasteiger partial charge in [-0.25, -0.2) is 4.52 Å². The first-order valence-electron chi connectivity index (χ1n) is 6.43. The van der Waals surface area contributed by atoms with Crippen LogP contribution in [0.1, 0.15) is 24.5 Å². The van der Waals surface area contributed by atoms with Gasteiger partial charge in [-0.3, -0.25) is 0 Å². The Bertz CT molecular complexity index is 711. The van der Waals surface area contributed by atoms with Gasteiger partial charge in [-0.15, -0.1) is 5.10 Å². The lowest BCUT2D eigenvalue weighted by Crippen LogP contribution is -1.88. The van der Waals surface area contributed by atoms with E-state index in [-0.39, 0.29) is 0 Å². The molecule has 0 fully saturated rings. The molecule has 94 valence electrons. The smallest absolute Gasteiger partial charge is 0.0870 e. The van der Waals surface area contributed by atoms with E-state index in [1.54, 1.807) is 10.7 Å². The Morgan fingerprint density at radius 3 is 2.84 bits per heavy atom. The van der Waals surface area contributed by atoms with Crippen LogP contribution in [0.2, 0.25) is 0 Å². The molecule has 0 aliphatic rings. The standard InChI is InChI=1S/C16H15N3/c1-2-14(15-6-4-3-5-7-15)10-13-8-9-19-16(11-13)12-17-18-19/h3-12H,2H2,1H3/b14-10+. The first kappa shape index (κ1) is 11.7. The highest BCUT2D eigenvalue weighted by molar-refractivity contribution is 5.82. The van der Waals surface area contributed by atoms with E-state index >= 15 is 0 Å². The van der Waals surface area contributed by atoms with Gasteiger partial charge in [0, 0.05) is 6.20 Å². The second-order valence-electron chi connectivity index (χ2n) is 4.45. The van der Waals surface area contributed by atoms with E-state index in [1.807, 2.05) is 12.3 Å². The molecule has 3 heteroatoms. The predicted octanol–water partition coefficient (Wildman–Crippen LogP) is 3.68. The molecular formula is C16H15N3. The molecule has 0 saturated heterocycles. The molecule has 0 bridgehead atoms. The van der Waals surface area contributed by atoms with Crippen molar-refractivity contribution in [2.24, 2.45) is 0 Å². The molecule has 2 heterocycles. The molecule has 0 radical (unpaired) electrons. The summed E-state index contributed by atoms with van der Waals surface area (Å²) in [6.45, 7) is 2.18. The minimum absolute atomic E-state index is 1.01. The van der Waals surface area contributed by atoms with Crippen molar-refractivity contribution in [3.05, 3.63) is 66.0 Å². The van der Waals surface area contributed by atoms with Crippen molar-refractivity contribution in [2.45, 2.75) is 13.3 Å². The molecule has 3 rings (SSSR count). The highest BCUT2D eigenvalue weighted by Gasteiger charge is 2.00. The van der Waals surface area contributed by atoms with Crippen molar-refractivity contribution < 1.29 is 0 Å². The van der Waals surface area contributed by atoms with E-state index in [1.165, 1.54) is 16.7 Å². The topological polar surface area (TPSA) is 30.2 Å². The van der Waals surface area contributed by atoms with Gasteiger partial charge in [-0.1, -0.05) is 48.5 Å². The third-order valence-electron chi connectivity index (χ3n) is 3.19. The van der Waals surface area contributed by atoms with E-state index in [9.17, 15) is 0 Å². The van der Waals surface area contributed by atoms with E-state index in [4.69, 9.17) is 0 Å². The maximum atomic E-state index is 3.96. The minimum atomic E-state index is 1.01. The number of fused-ring (bicyclic) bond motifs is 1. The van der Waals surface area contributed by atoms with Crippen LogP contribution in [0.25, 0.3) is 17.2 Å². The third kappa shape index (κ3) is 2.40. The van der Waals surface area contributed by atoms with E-state index in [2.05, 4.69) is 59.7 Å². The van der Waals surface area contributed by atoms with Crippen LogP contribution in [0.4, 0.5) is 0 Å². The van der Waals surface area contributed by atoms with Crippen molar-refractivity contribution in [1.82, 2.24) is 14.8 Å². The second kappa shape index (κ2) is 5.06. The molecule has 0 atom stereocenters. The quantitative estimate of drug-likeness (QED) is 0.708. The van der Waals surface area contributed by atoms with Gasteiger partial charge in [-0.05, 0) is 35.3 Å². The number of nitrogens with zero attached hydrogens (tertiary/aromatic N) is 3. The predicted molar refractivity (Wildman–Crippen MR) is 77.6 cm³/mol. The molecule has 2 aromatic heterocycles. The number of allylic oxidation sites excluding steroid dienone is 1. The molecule has 19 heavy (non-hydrogen) atoms. The van der Waals surface area contributed by atoms with Gasteiger partial charge >= 0.3 is 0 Å². The molecule has 0 amide bonds. The van der Waals surface area contributed by atoms with Gasteiger partial charge in [0.1, 0.15) is 0 Å². The molecular weight excluding hydrogens is 234 g/mol. The Kier molecular flexibility index (Phi) is 3.11. The van der Waals surface area contributed by atoms with Gasteiger partial charge in [0.2, 0.25) is 0 Å². The number of hydrogen-bond donors (Lipinski definition) is 0. The molecule has 3 aromatic rings. The van der Waals surface area contributed by atoms with Crippen LogP contribution in [0, 0.1) is 0 Å². The van der Waals surface area contributed by atoms with Gasteiger partial charge in [0.05, 0.1) is 11.7 Å². The largest absolute Gasteiger partial charge is 0.221 e. The molecule has 0 aliphatic heterocycles. The first-order chi connectivity index (χ1) is 9.36. The summed E-state index contributed by atoms with van der Waals surface area (Å²) in [7, 11) is 0. The Morgan fingerprint density at radius 1 is 1.21 bits per heavy atom. The fourth-order valence-electron chi connectivity index (χ4n) is 2.18. The van der Waals surface area contributed by atoms with Crippen LogP contribution in [-0.2, 0) is 0 Å². The second-order valence-corrected chi connectivity index (χ2v) is 4.45. The van der Waals surface area contributed by atoms with E-state index in [0.29, 0.717) is 0 Å². The van der Waals surface area contributed by atoms with E-state index in [0.717, 1.165) is 11.9 Å². The SMILES string of the molecule is CC/C(=C\c1ccn2nncc2c1)c1ccccc1. The summed E-state index contributed by atoms with van der Waals surface area (Å²) in [5, 5.41) is 7.86. The number of aromatic nitrogens is 3. The first-order valence-corrected chi connectivity index (χ1v) is 6.43. The molecule has 0 aliphatic carbocycles. The monoisotopic (exact) mass is 249 g/mol. The highest BCUT2D eigenvalue weighted by atomic mass is 15.4. The van der Waals surface area contributed by atoms with Gasteiger partial charge < -0.3 is 0 Å². The van der Waals surface area contributed by atoms with Crippen LogP contribution in [-0.4, -0.2) is 14.8 Å². The molecule has 1 aromatic carbocycles. The van der Waals surface area contributed by atoms with Crippen molar-refractivity contribution in [1.29, 1.82) is 0 Å². The van der Waals surface area contributed by atoms with E-state index < -0.39 is 0 Å². The number of rotatable bonds is 3. The lowest BCUT2D eigenvalue weighted by molar-refractivity contribution is 0.855. The Labute approximate surface area is 112 Å². The maximum Gasteiger partial charge on any atom is 0.0870 e. The summed E-state index contributed by atoms with van der Waals surface area (Å²) in [6, 6.07) is 14.6. The molecule has 0 spiro atoms. The Balaban J connectivity index is 2.02. The average Bonchev–Trinajstić information content (AvgIpc) is 2.93. The molecule has 0 saturated carbocycles. The average molecular weight is 249 g/mol. The van der Waals surface area contributed by atoms with Crippen LogP contribution in [0.5, 0.6) is 0 Å². The molecule has 3 nitrogen and oxygen atoms in total. The van der Waals surface area contributed by atoms with Gasteiger partial charge in [0.25, 0.3) is 0 Å². The summed E-state index contributed by atoms with van der Waals surface area (Å²) < 4.78 is 1.77. The lowest BCUT2D eigenvalue weighted by Gasteiger charge is -2.05. The Morgan fingerprint density at radius 2 is 2.05 bits per heavy atom. The van der Waals surface area contributed by atoms with Crippen LogP contribution in [0.15, 0.2) is 54.9 Å². The maximum absolute atomic E-state index is 3.96. The van der Waals surface area contributed by atoms with Gasteiger partial charge in [0.15, 0.2) is 0 Å². The molecule has 0 unspecified atom stereocenters. The zero-order valence-electron chi connectivity index (χ0n) is 10.8. The van der Waals surface area contributed by atoms with Crippen molar-refractivity contribution >= 4 is 17.2 Å². The number of hydrogen-bond acceptors (Lipinski definition) is 2. The fraction of sp³-hybridized carbons (Fsp3) is 0.125. The zero-order chi connectivity index (χ0) is 13.1. The summed E-state index contributed by atoms with van der Waals surface area (Å²) in [5.41, 5.74) is 4.79. The summed E-state index contributed by atoms with van der Waals surface area (Å²) in [4.78, 5) is 0.